The lowest BCUT2D eigenvalue weighted by Gasteiger charge is -2.00. The van der Waals surface area contributed by atoms with Crippen molar-refractivity contribution in [2.75, 3.05) is 0 Å². The SMILES string of the molecule is O=C(N/N=C/c1ccc(/C=N/NC(=O)c2ccncc2)cc1)c1ccncc1. The van der Waals surface area contributed by atoms with Crippen LogP contribution >= 0.6 is 0 Å². The highest BCUT2D eigenvalue weighted by molar-refractivity contribution is 5.95. The molecule has 2 N–H and O–H groups in total. The normalized spacial score (nSPS) is 10.9. The molecule has 0 aliphatic carbocycles. The maximum absolute atomic E-state index is 11.9. The third kappa shape index (κ3) is 5.40. The van der Waals surface area contributed by atoms with Crippen LogP contribution in [-0.4, -0.2) is 34.2 Å². The fourth-order valence-corrected chi connectivity index (χ4v) is 2.13. The third-order valence-electron chi connectivity index (χ3n) is 3.58. The average molecular weight is 372 g/mol. The first-order valence-electron chi connectivity index (χ1n) is 8.29. The molecule has 1 aromatic carbocycles. The van der Waals surface area contributed by atoms with Crippen molar-refractivity contribution in [2.45, 2.75) is 0 Å². The molecule has 3 aromatic rings. The Morgan fingerprint density at radius 3 is 1.36 bits per heavy atom. The number of hydrogen-bond donors (Lipinski definition) is 2. The molecule has 8 nitrogen and oxygen atoms in total. The summed E-state index contributed by atoms with van der Waals surface area (Å²) in [6.07, 6.45) is 9.23. The van der Waals surface area contributed by atoms with E-state index in [1.165, 1.54) is 12.4 Å². The Kier molecular flexibility index (Phi) is 6.30. The van der Waals surface area contributed by atoms with Crippen LogP contribution in [0.2, 0.25) is 0 Å². The Bertz CT molecular complexity index is 904. The molecule has 28 heavy (non-hydrogen) atoms. The second-order valence-corrected chi connectivity index (χ2v) is 5.54. The summed E-state index contributed by atoms with van der Waals surface area (Å²) < 4.78 is 0. The minimum absolute atomic E-state index is 0.313. The second kappa shape index (κ2) is 9.48. The molecule has 0 fully saturated rings. The van der Waals surface area contributed by atoms with Crippen LogP contribution in [0.4, 0.5) is 0 Å². The van der Waals surface area contributed by atoms with Gasteiger partial charge in [0.15, 0.2) is 0 Å². The molecule has 0 radical (unpaired) electrons. The van der Waals surface area contributed by atoms with Crippen molar-refractivity contribution < 1.29 is 9.59 Å². The number of aromatic nitrogens is 2. The number of carbonyl (C=O) groups is 2. The van der Waals surface area contributed by atoms with E-state index in [1.54, 1.807) is 49.1 Å². The Hall–Kier alpha value is -4.20. The quantitative estimate of drug-likeness (QED) is 0.509. The molecule has 0 aliphatic rings. The van der Waals surface area contributed by atoms with E-state index in [4.69, 9.17) is 0 Å². The minimum atomic E-state index is -0.313. The van der Waals surface area contributed by atoms with Gasteiger partial charge >= 0.3 is 0 Å². The molecule has 0 bridgehead atoms. The highest BCUT2D eigenvalue weighted by Gasteiger charge is 2.02. The van der Waals surface area contributed by atoms with Gasteiger partial charge in [-0.15, -0.1) is 0 Å². The van der Waals surface area contributed by atoms with Crippen molar-refractivity contribution in [1.82, 2.24) is 20.8 Å². The molecule has 138 valence electrons. The van der Waals surface area contributed by atoms with E-state index in [1.807, 2.05) is 24.3 Å². The first-order valence-corrected chi connectivity index (χ1v) is 8.29. The van der Waals surface area contributed by atoms with E-state index in [2.05, 4.69) is 31.0 Å². The summed E-state index contributed by atoms with van der Waals surface area (Å²) >= 11 is 0. The number of benzene rings is 1. The maximum atomic E-state index is 11.9. The number of carbonyl (C=O) groups excluding carboxylic acids is 2. The van der Waals surface area contributed by atoms with Gasteiger partial charge in [-0.3, -0.25) is 19.6 Å². The van der Waals surface area contributed by atoms with E-state index in [0.29, 0.717) is 11.1 Å². The standard InChI is InChI=1S/C20H16N6O2/c27-19(17-5-9-21-10-6-17)25-23-13-15-1-2-16(4-3-15)14-24-26-20(28)18-7-11-22-12-8-18/h1-14H,(H,25,27)(H,26,28)/b23-13+,24-14+. The van der Waals surface area contributed by atoms with Crippen LogP contribution in [0.3, 0.4) is 0 Å². The van der Waals surface area contributed by atoms with Gasteiger partial charge in [-0.2, -0.15) is 10.2 Å². The van der Waals surface area contributed by atoms with Gasteiger partial charge in [0.25, 0.3) is 11.8 Å². The van der Waals surface area contributed by atoms with Crippen LogP contribution in [0.5, 0.6) is 0 Å². The summed E-state index contributed by atoms with van der Waals surface area (Å²) in [5.41, 5.74) is 7.45. The molecule has 0 saturated heterocycles. The predicted molar refractivity (Wildman–Crippen MR) is 105 cm³/mol. The predicted octanol–water partition coefficient (Wildman–Crippen LogP) is 2.00. The second-order valence-electron chi connectivity index (χ2n) is 5.54. The average Bonchev–Trinajstić information content (AvgIpc) is 2.76. The number of hydrogen-bond acceptors (Lipinski definition) is 6. The maximum Gasteiger partial charge on any atom is 0.271 e. The van der Waals surface area contributed by atoms with Gasteiger partial charge in [-0.25, -0.2) is 10.9 Å². The van der Waals surface area contributed by atoms with Crippen LogP contribution in [0.25, 0.3) is 0 Å². The summed E-state index contributed by atoms with van der Waals surface area (Å²) in [4.78, 5) is 31.4. The van der Waals surface area contributed by atoms with Gasteiger partial charge < -0.3 is 0 Å². The molecule has 0 saturated carbocycles. The zero-order chi connectivity index (χ0) is 19.6. The largest absolute Gasteiger partial charge is 0.271 e. The van der Waals surface area contributed by atoms with Crippen molar-refractivity contribution in [3.63, 3.8) is 0 Å². The summed E-state index contributed by atoms with van der Waals surface area (Å²) in [7, 11) is 0. The number of nitrogens with zero attached hydrogens (tertiary/aromatic N) is 4. The third-order valence-corrected chi connectivity index (χ3v) is 3.58. The van der Waals surface area contributed by atoms with Crippen LogP contribution in [0, 0.1) is 0 Å². The molecule has 2 amide bonds. The van der Waals surface area contributed by atoms with Crippen molar-refractivity contribution in [3.8, 4) is 0 Å². The fourth-order valence-electron chi connectivity index (χ4n) is 2.13. The van der Waals surface area contributed by atoms with Gasteiger partial charge in [-0.1, -0.05) is 24.3 Å². The Morgan fingerprint density at radius 1 is 0.643 bits per heavy atom. The highest BCUT2D eigenvalue weighted by Crippen LogP contribution is 2.01. The van der Waals surface area contributed by atoms with Crippen molar-refractivity contribution in [1.29, 1.82) is 0 Å². The first-order chi connectivity index (χ1) is 13.7. The Labute approximate surface area is 161 Å². The molecule has 2 aromatic heterocycles. The van der Waals surface area contributed by atoms with Gasteiger partial charge in [0.2, 0.25) is 0 Å². The zero-order valence-corrected chi connectivity index (χ0v) is 14.7. The van der Waals surface area contributed by atoms with E-state index >= 15 is 0 Å². The molecule has 3 rings (SSSR count). The number of nitrogens with one attached hydrogen (secondary N) is 2. The number of rotatable bonds is 6. The summed E-state index contributed by atoms with van der Waals surface area (Å²) in [6.45, 7) is 0. The molecule has 0 aliphatic heterocycles. The number of pyridine rings is 2. The van der Waals surface area contributed by atoms with Gasteiger partial charge in [-0.05, 0) is 35.4 Å². The molecular formula is C20H16N6O2. The number of amides is 2. The van der Waals surface area contributed by atoms with Crippen LogP contribution < -0.4 is 10.9 Å². The smallest absolute Gasteiger partial charge is 0.267 e. The van der Waals surface area contributed by atoms with Gasteiger partial charge in [0, 0.05) is 35.9 Å². The lowest BCUT2D eigenvalue weighted by Crippen LogP contribution is -2.17. The Morgan fingerprint density at radius 2 is 1.00 bits per heavy atom. The van der Waals surface area contributed by atoms with Crippen molar-refractivity contribution in [3.05, 3.63) is 95.6 Å². The summed E-state index contributed by atoms with van der Waals surface area (Å²) in [5.74, 6) is -0.625. The van der Waals surface area contributed by atoms with Crippen LogP contribution in [0.15, 0.2) is 83.5 Å². The Balaban J connectivity index is 1.50. The molecule has 2 heterocycles. The van der Waals surface area contributed by atoms with E-state index in [-0.39, 0.29) is 11.8 Å². The summed E-state index contributed by atoms with van der Waals surface area (Å²) in [5, 5.41) is 7.85. The molecule has 8 heteroatoms. The fraction of sp³-hybridized carbons (Fsp3) is 0. The summed E-state index contributed by atoms with van der Waals surface area (Å²) in [6, 6.07) is 13.7. The van der Waals surface area contributed by atoms with E-state index in [0.717, 1.165) is 11.1 Å². The zero-order valence-electron chi connectivity index (χ0n) is 14.7. The van der Waals surface area contributed by atoms with Crippen molar-refractivity contribution >= 4 is 24.2 Å². The minimum Gasteiger partial charge on any atom is -0.267 e. The molecule has 0 spiro atoms. The molecule has 0 unspecified atom stereocenters. The van der Waals surface area contributed by atoms with Gasteiger partial charge in [0.05, 0.1) is 12.4 Å². The first kappa shape index (κ1) is 18.6. The van der Waals surface area contributed by atoms with E-state index in [9.17, 15) is 9.59 Å². The van der Waals surface area contributed by atoms with Crippen LogP contribution in [0.1, 0.15) is 31.8 Å². The molecular weight excluding hydrogens is 356 g/mol. The molecule has 0 atom stereocenters. The van der Waals surface area contributed by atoms with Crippen LogP contribution in [-0.2, 0) is 0 Å². The lowest BCUT2D eigenvalue weighted by atomic mass is 10.2. The lowest BCUT2D eigenvalue weighted by molar-refractivity contribution is 0.0947. The number of hydrazone groups is 2. The topological polar surface area (TPSA) is 109 Å². The van der Waals surface area contributed by atoms with Crippen molar-refractivity contribution in [2.24, 2.45) is 10.2 Å². The van der Waals surface area contributed by atoms with E-state index < -0.39 is 0 Å². The monoisotopic (exact) mass is 372 g/mol. The highest BCUT2D eigenvalue weighted by atomic mass is 16.2. The van der Waals surface area contributed by atoms with Gasteiger partial charge in [0.1, 0.15) is 0 Å².